The number of hydrogen-bond donors (Lipinski definition) is 1. The van der Waals surface area contributed by atoms with Crippen molar-refractivity contribution in [1.29, 1.82) is 0 Å². The van der Waals surface area contributed by atoms with Gasteiger partial charge in [-0.1, -0.05) is 32.9 Å². The van der Waals surface area contributed by atoms with E-state index in [2.05, 4.69) is 55.3 Å². The topological polar surface area (TPSA) is 24.9 Å². The molecule has 1 aromatic heterocycles. The second kappa shape index (κ2) is 6.30. The summed E-state index contributed by atoms with van der Waals surface area (Å²) >= 11 is 1.83. The number of aryl methyl sites for hydroxylation is 1. The van der Waals surface area contributed by atoms with Crippen molar-refractivity contribution < 1.29 is 0 Å². The van der Waals surface area contributed by atoms with Gasteiger partial charge in [-0.2, -0.15) is 0 Å². The molecule has 1 N–H and O–H groups in total. The Morgan fingerprint density at radius 2 is 2.00 bits per heavy atom. The van der Waals surface area contributed by atoms with E-state index in [9.17, 15) is 0 Å². The molecule has 1 atom stereocenters. The van der Waals surface area contributed by atoms with Gasteiger partial charge in [-0.15, -0.1) is 11.3 Å². The highest BCUT2D eigenvalue weighted by Crippen LogP contribution is 2.23. The van der Waals surface area contributed by atoms with Gasteiger partial charge in [0.1, 0.15) is 0 Å². The molecule has 98 valence electrons. The van der Waals surface area contributed by atoms with E-state index >= 15 is 0 Å². The molecular weight excluding hydrogens is 240 g/mol. The summed E-state index contributed by atoms with van der Waals surface area (Å²) in [7, 11) is 0. The summed E-state index contributed by atoms with van der Waals surface area (Å²) in [5.74, 6) is 0.708. The van der Waals surface area contributed by atoms with Crippen molar-refractivity contribution in [2.75, 3.05) is 6.54 Å². The van der Waals surface area contributed by atoms with Gasteiger partial charge in [0.2, 0.25) is 0 Å². The van der Waals surface area contributed by atoms with Crippen LogP contribution in [0, 0.1) is 5.92 Å². The second-order valence-electron chi connectivity index (χ2n) is 5.28. The van der Waals surface area contributed by atoms with Crippen LogP contribution in [-0.2, 0) is 6.42 Å². The summed E-state index contributed by atoms with van der Waals surface area (Å²) in [5.41, 5.74) is 1.14. The fourth-order valence-electron chi connectivity index (χ4n) is 1.94. The summed E-state index contributed by atoms with van der Waals surface area (Å²) in [6.07, 6.45) is 2.31. The SMILES string of the molecule is CC(CCc1nc2ccccc2s1)CNC(C)C. The minimum atomic E-state index is 0.579. The molecule has 0 radical (unpaired) electrons. The predicted molar refractivity (Wildman–Crippen MR) is 80.2 cm³/mol. The first-order valence-electron chi connectivity index (χ1n) is 6.73. The van der Waals surface area contributed by atoms with Crippen LogP contribution in [0.3, 0.4) is 0 Å². The standard InChI is InChI=1S/C15H22N2S/c1-11(2)16-10-12(3)8-9-15-17-13-6-4-5-7-14(13)18-15/h4-7,11-12,16H,8-10H2,1-3H3. The third-order valence-electron chi connectivity index (χ3n) is 3.06. The Bertz CT molecular complexity index is 457. The van der Waals surface area contributed by atoms with E-state index in [-0.39, 0.29) is 0 Å². The number of aromatic nitrogens is 1. The number of nitrogens with zero attached hydrogens (tertiary/aromatic N) is 1. The molecule has 0 saturated carbocycles. The highest BCUT2D eigenvalue weighted by atomic mass is 32.1. The molecule has 0 amide bonds. The average molecular weight is 262 g/mol. The summed E-state index contributed by atoms with van der Waals surface area (Å²) < 4.78 is 1.31. The van der Waals surface area contributed by atoms with Gasteiger partial charge in [-0.05, 0) is 37.4 Å². The molecule has 0 saturated heterocycles. The van der Waals surface area contributed by atoms with Crippen molar-refractivity contribution in [3.8, 4) is 0 Å². The molecule has 0 fully saturated rings. The lowest BCUT2D eigenvalue weighted by Crippen LogP contribution is -2.28. The Morgan fingerprint density at radius 1 is 1.22 bits per heavy atom. The van der Waals surface area contributed by atoms with E-state index in [0.717, 1.165) is 18.5 Å². The van der Waals surface area contributed by atoms with Crippen molar-refractivity contribution in [3.63, 3.8) is 0 Å². The van der Waals surface area contributed by atoms with Crippen LogP contribution >= 0.6 is 11.3 Å². The Kier molecular flexibility index (Phi) is 4.72. The Labute approximate surface area is 113 Å². The first-order chi connectivity index (χ1) is 8.65. The largest absolute Gasteiger partial charge is 0.314 e. The third-order valence-corrected chi connectivity index (χ3v) is 4.16. The van der Waals surface area contributed by atoms with Crippen LogP contribution in [0.4, 0.5) is 0 Å². The first-order valence-corrected chi connectivity index (χ1v) is 7.54. The maximum atomic E-state index is 4.68. The van der Waals surface area contributed by atoms with Gasteiger partial charge >= 0.3 is 0 Å². The molecule has 2 rings (SSSR count). The number of fused-ring (bicyclic) bond motifs is 1. The lowest BCUT2D eigenvalue weighted by atomic mass is 10.1. The molecule has 1 unspecified atom stereocenters. The Hall–Kier alpha value is -0.930. The zero-order chi connectivity index (χ0) is 13.0. The van der Waals surface area contributed by atoms with Crippen LogP contribution in [0.15, 0.2) is 24.3 Å². The normalized spacial score (nSPS) is 13.3. The van der Waals surface area contributed by atoms with Gasteiger partial charge in [0, 0.05) is 6.04 Å². The average Bonchev–Trinajstić information content (AvgIpc) is 2.76. The van der Waals surface area contributed by atoms with Crippen molar-refractivity contribution in [2.45, 2.75) is 39.7 Å². The van der Waals surface area contributed by atoms with Crippen molar-refractivity contribution in [1.82, 2.24) is 10.3 Å². The summed E-state index contributed by atoms with van der Waals surface area (Å²) in [6.45, 7) is 7.80. The molecule has 1 aromatic carbocycles. The molecule has 1 heterocycles. The van der Waals surface area contributed by atoms with Gasteiger partial charge in [-0.25, -0.2) is 4.98 Å². The minimum Gasteiger partial charge on any atom is -0.314 e. The zero-order valence-electron chi connectivity index (χ0n) is 11.4. The Morgan fingerprint density at radius 3 is 2.72 bits per heavy atom. The molecule has 0 aliphatic heterocycles. The summed E-state index contributed by atoms with van der Waals surface area (Å²) in [6, 6.07) is 8.97. The molecule has 2 aromatic rings. The van der Waals surface area contributed by atoms with Crippen molar-refractivity contribution >= 4 is 21.6 Å². The molecule has 18 heavy (non-hydrogen) atoms. The molecule has 0 aliphatic carbocycles. The number of hydrogen-bond acceptors (Lipinski definition) is 3. The van der Waals surface area contributed by atoms with E-state index in [1.54, 1.807) is 0 Å². The van der Waals surface area contributed by atoms with Gasteiger partial charge < -0.3 is 5.32 Å². The van der Waals surface area contributed by atoms with Gasteiger partial charge in [0.05, 0.1) is 15.2 Å². The fraction of sp³-hybridized carbons (Fsp3) is 0.533. The number of thiazole rings is 1. The van der Waals surface area contributed by atoms with E-state index in [0.29, 0.717) is 12.0 Å². The molecule has 3 heteroatoms. The highest BCUT2D eigenvalue weighted by Gasteiger charge is 2.07. The van der Waals surface area contributed by atoms with Gasteiger partial charge in [0.25, 0.3) is 0 Å². The van der Waals surface area contributed by atoms with Crippen LogP contribution < -0.4 is 5.32 Å². The lowest BCUT2D eigenvalue weighted by molar-refractivity contribution is 0.453. The van der Waals surface area contributed by atoms with E-state index < -0.39 is 0 Å². The number of nitrogens with one attached hydrogen (secondary N) is 1. The summed E-state index contributed by atoms with van der Waals surface area (Å²) in [4.78, 5) is 4.68. The molecule has 2 nitrogen and oxygen atoms in total. The van der Waals surface area contributed by atoms with Gasteiger partial charge in [0.15, 0.2) is 0 Å². The van der Waals surface area contributed by atoms with E-state index in [1.807, 2.05) is 11.3 Å². The quantitative estimate of drug-likeness (QED) is 0.855. The smallest absolute Gasteiger partial charge is 0.0938 e. The molecule has 0 bridgehead atoms. The van der Waals surface area contributed by atoms with Crippen LogP contribution in [0.5, 0.6) is 0 Å². The van der Waals surface area contributed by atoms with Gasteiger partial charge in [-0.3, -0.25) is 0 Å². The van der Waals surface area contributed by atoms with Crippen LogP contribution in [-0.4, -0.2) is 17.6 Å². The number of para-hydroxylation sites is 1. The van der Waals surface area contributed by atoms with Crippen LogP contribution in [0.1, 0.15) is 32.2 Å². The summed E-state index contributed by atoms with van der Waals surface area (Å²) in [5, 5.41) is 4.76. The number of rotatable bonds is 6. The minimum absolute atomic E-state index is 0.579. The lowest BCUT2D eigenvalue weighted by Gasteiger charge is -2.13. The molecule has 0 spiro atoms. The maximum Gasteiger partial charge on any atom is 0.0938 e. The predicted octanol–water partition coefficient (Wildman–Crippen LogP) is 3.86. The maximum absolute atomic E-state index is 4.68. The number of benzene rings is 1. The van der Waals surface area contributed by atoms with E-state index in [1.165, 1.54) is 16.1 Å². The highest BCUT2D eigenvalue weighted by molar-refractivity contribution is 7.18. The molecule has 0 aliphatic rings. The monoisotopic (exact) mass is 262 g/mol. The van der Waals surface area contributed by atoms with Crippen LogP contribution in [0.2, 0.25) is 0 Å². The second-order valence-corrected chi connectivity index (χ2v) is 6.40. The zero-order valence-corrected chi connectivity index (χ0v) is 12.3. The Balaban J connectivity index is 1.86. The molecular formula is C15H22N2S. The third kappa shape index (κ3) is 3.79. The van der Waals surface area contributed by atoms with E-state index in [4.69, 9.17) is 0 Å². The van der Waals surface area contributed by atoms with Crippen molar-refractivity contribution in [3.05, 3.63) is 29.3 Å². The first kappa shape index (κ1) is 13.5. The fourth-order valence-corrected chi connectivity index (χ4v) is 2.92. The van der Waals surface area contributed by atoms with Crippen molar-refractivity contribution in [2.24, 2.45) is 5.92 Å². The van der Waals surface area contributed by atoms with Crippen LogP contribution in [0.25, 0.3) is 10.2 Å².